The van der Waals surface area contributed by atoms with Gasteiger partial charge in [0.05, 0.1) is 12.0 Å². The van der Waals surface area contributed by atoms with E-state index in [2.05, 4.69) is 5.32 Å². The van der Waals surface area contributed by atoms with Gasteiger partial charge in [0.1, 0.15) is 6.04 Å². The third kappa shape index (κ3) is 6.38. The molecule has 5 N–H and O–H groups in total. The van der Waals surface area contributed by atoms with Crippen LogP contribution in [-0.2, 0) is 9.59 Å². The van der Waals surface area contributed by atoms with Gasteiger partial charge in [-0.05, 0) is 13.8 Å². The first-order chi connectivity index (χ1) is 6.22. The summed E-state index contributed by atoms with van der Waals surface area (Å²) in [6, 6.07) is -1.04. The quantitative estimate of drug-likeness (QED) is 0.428. The number of aliphatic hydroxyl groups is 1. The summed E-state index contributed by atoms with van der Waals surface area (Å²) in [5.41, 5.74) is 3.84. The number of carbonyl (C=O) groups is 2. The van der Waals surface area contributed by atoms with E-state index in [1.54, 1.807) is 0 Å². The first-order valence-corrected chi connectivity index (χ1v) is 4.19. The van der Waals surface area contributed by atoms with Crippen molar-refractivity contribution in [2.45, 2.75) is 31.9 Å². The van der Waals surface area contributed by atoms with Crippen molar-refractivity contribution in [2.75, 3.05) is 6.54 Å². The van der Waals surface area contributed by atoms with E-state index in [1.807, 2.05) is 0 Å². The number of primary amides is 1. The Balaban J connectivity index is 4.11. The second kappa shape index (κ2) is 4.92. The summed E-state index contributed by atoms with van der Waals surface area (Å²) in [5, 5.41) is 20.5. The molecule has 6 heteroatoms. The monoisotopic (exact) mass is 204 g/mol. The minimum atomic E-state index is -1.16. The van der Waals surface area contributed by atoms with Gasteiger partial charge < -0.3 is 21.3 Å². The average molecular weight is 204 g/mol. The molecule has 0 aromatic carbocycles. The molecule has 0 spiro atoms. The van der Waals surface area contributed by atoms with E-state index >= 15 is 0 Å². The minimum absolute atomic E-state index is 0.0806. The number of nitrogens with one attached hydrogen (secondary N) is 1. The molecule has 6 nitrogen and oxygen atoms in total. The number of hydrogen-bond acceptors (Lipinski definition) is 4. The molecule has 0 radical (unpaired) electrons. The summed E-state index contributed by atoms with van der Waals surface area (Å²) in [6.45, 7) is 3.14. The predicted octanol–water partition coefficient (Wildman–Crippen LogP) is -1.32. The summed E-state index contributed by atoms with van der Waals surface area (Å²) in [7, 11) is 0. The summed E-state index contributed by atoms with van der Waals surface area (Å²) < 4.78 is 0. The van der Waals surface area contributed by atoms with Gasteiger partial charge in [0, 0.05) is 6.54 Å². The normalized spacial score (nSPS) is 13.6. The maximum absolute atomic E-state index is 10.6. The van der Waals surface area contributed by atoms with E-state index < -0.39 is 23.5 Å². The van der Waals surface area contributed by atoms with Gasteiger partial charge in [0.2, 0.25) is 5.91 Å². The van der Waals surface area contributed by atoms with E-state index in [9.17, 15) is 14.7 Å². The minimum Gasteiger partial charge on any atom is -0.480 e. The maximum Gasteiger partial charge on any atom is 0.321 e. The van der Waals surface area contributed by atoms with Gasteiger partial charge in [-0.2, -0.15) is 0 Å². The van der Waals surface area contributed by atoms with Gasteiger partial charge in [-0.25, -0.2) is 0 Å². The summed E-state index contributed by atoms with van der Waals surface area (Å²) in [5.74, 6) is -1.85. The van der Waals surface area contributed by atoms with E-state index in [0.717, 1.165) is 0 Å². The Bertz CT molecular complexity index is 222. The zero-order valence-electron chi connectivity index (χ0n) is 8.28. The Morgan fingerprint density at radius 1 is 1.50 bits per heavy atom. The SMILES string of the molecule is CC(C)(O)CN[C@@H](CC(N)=O)C(=O)O. The smallest absolute Gasteiger partial charge is 0.321 e. The van der Waals surface area contributed by atoms with Crippen molar-refractivity contribution in [3.8, 4) is 0 Å². The zero-order chi connectivity index (χ0) is 11.4. The molecule has 0 rings (SSSR count). The van der Waals surface area contributed by atoms with Crippen LogP contribution < -0.4 is 11.1 Å². The number of amides is 1. The largest absolute Gasteiger partial charge is 0.480 e. The van der Waals surface area contributed by atoms with Crippen LogP contribution in [-0.4, -0.2) is 40.3 Å². The molecule has 0 aliphatic carbocycles. The first-order valence-electron chi connectivity index (χ1n) is 4.19. The highest BCUT2D eigenvalue weighted by atomic mass is 16.4. The van der Waals surface area contributed by atoms with Crippen molar-refractivity contribution >= 4 is 11.9 Å². The standard InChI is InChI=1S/C8H16N2O4/c1-8(2,14)4-10-5(7(12)13)3-6(9)11/h5,10,14H,3-4H2,1-2H3,(H2,9,11)(H,12,13)/t5-/m0/s1. The van der Waals surface area contributed by atoms with Crippen molar-refractivity contribution in [2.24, 2.45) is 5.73 Å². The molecule has 0 heterocycles. The number of nitrogens with two attached hydrogens (primary N) is 1. The fraction of sp³-hybridized carbons (Fsp3) is 0.750. The highest BCUT2D eigenvalue weighted by Crippen LogP contribution is 2.00. The number of aliphatic carboxylic acids is 1. The van der Waals surface area contributed by atoms with Crippen molar-refractivity contribution in [1.82, 2.24) is 5.32 Å². The van der Waals surface area contributed by atoms with Crippen molar-refractivity contribution in [1.29, 1.82) is 0 Å². The van der Waals surface area contributed by atoms with Crippen molar-refractivity contribution in [3.63, 3.8) is 0 Å². The Kier molecular flexibility index (Phi) is 4.52. The number of carboxylic acid groups (broad SMARTS) is 1. The molecular weight excluding hydrogens is 188 g/mol. The molecule has 0 aliphatic heterocycles. The van der Waals surface area contributed by atoms with Crippen molar-refractivity contribution < 1.29 is 19.8 Å². The summed E-state index contributed by atoms with van der Waals surface area (Å²) >= 11 is 0. The van der Waals surface area contributed by atoms with Crippen LogP contribution in [0, 0.1) is 0 Å². The molecule has 0 unspecified atom stereocenters. The predicted molar refractivity (Wildman–Crippen MR) is 49.5 cm³/mol. The average Bonchev–Trinajstić information content (AvgIpc) is 1.94. The van der Waals surface area contributed by atoms with Crippen LogP contribution in [0.25, 0.3) is 0 Å². The van der Waals surface area contributed by atoms with Crippen LogP contribution in [0.4, 0.5) is 0 Å². The van der Waals surface area contributed by atoms with Crippen LogP contribution in [0.15, 0.2) is 0 Å². The lowest BCUT2D eigenvalue weighted by molar-refractivity contribution is -0.141. The Labute approximate surface area is 82.1 Å². The van der Waals surface area contributed by atoms with Gasteiger partial charge in [-0.1, -0.05) is 0 Å². The number of hydrogen-bond donors (Lipinski definition) is 4. The first kappa shape index (κ1) is 12.9. The molecule has 1 atom stereocenters. The van der Waals surface area contributed by atoms with E-state index in [-0.39, 0.29) is 13.0 Å². The molecular formula is C8H16N2O4. The van der Waals surface area contributed by atoms with Gasteiger partial charge in [0.25, 0.3) is 0 Å². The van der Waals surface area contributed by atoms with E-state index in [4.69, 9.17) is 10.8 Å². The van der Waals surface area contributed by atoms with E-state index in [0.29, 0.717) is 0 Å². The van der Waals surface area contributed by atoms with Crippen LogP contribution in [0.5, 0.6) is 0 Å². The summed E-state index contributed by atoms with van der Waals surface area (Å²) in [6.07, 6.45) is -0.286. The second-order valence-electron chi connectivity index (χ2n) is 3.75. The molecule has 1 amide bonds. The molecule has 0 aromatic rings. The van der Waals surface area contributed by atoms with Crippen LogP contribution >= 0.6 is 0 Å². The Morgan fingerprint density at radius 2 is 2.00 bits per heavy atom. The van der Waals surface area contributed by atoms with Gasteiger partial charge in [-0.3, -0.25) is 9.59 Å². The molecule has 14 heavy (non-hydrogen) atoms. The third-order valence-electron chi connectivity index (χ3n) is 1.48. The number of carboxylic acids is 1. The maximum atomic E-state index is 10.6. The number of carbonyl (C=O) groups excluding carboxylic acids is 1. The van der Waals surface area contributed by atoms with Gasteiger partial charge >= 0.3 is 5.97 Å². The third-order valence-corrected chi connectivity index (χ3v) is 1.48. The Morgan fingerprint density at radius 3 is 2.29 bits per heavy atom. The fourth-order valence-corrected chi connectivity index (χ4v) is 0.821. The van der Waals surface area contributed by atoms with Gasteiger partial charge in [0.15, 0.2) is 0 Å². The molecule has 0 bridgehead atoms. The molecule has 0 aliphatic rings. The van der Waals surface area contributed by atoms with Crippen LogP contribution in [0.2, 0.25) is 0 Å². The number of rotatable bonds is 6. The van der Waals surface area contributed by atoms with Crippen LogP contribution in [0.3, 0.4) is 0 Å². The van der Waals surface area contributed by atoms with Crippen LogP contribution in [0.1, 0.15) is 20.3 Å². The van der Waals surface area contributed by atoms with Gasteiger partial charge in [-0.15, -0.1) is 0 Å². The van der Waals surface area contributed by atoms with E-state index in [1.165, 1.54) is 13.8 Å². The molecule has 0 saturated heterocycles. The highest BCUT2D eigenvalue weighted by Gasteiger charge is 2.22. The topological polar surface area (TPSA) is 113 Å². The lowest BCUT2D eigenvalue weighted by atomic mass is 10.1. The lowest BCUT2D eigenvalue weighted by Gasteiger charge is -2.20. The molecule has 0 aromatic heterocycles. The summed E-state index contributed by atoms with van der Waals surface area (Å²) in [4.78, 5) is 21.1. The molecule has 0 saturated carbocycles. The highest BCUT2D eigenvalue weighted by molar-refractivity contribution is 5.83. The lowest BCUT2D eigenvalue weighted by Crippen LogP contribution is -2.46. The Hall–Kier alpha value is -1.14. The second-order valence-corrected chi connectivity index (χ2v) is 3.75. The fourth-order valence-electron chi connectivity index (χ4n) is 0.821. The molecule has 0 fully saturated rings. The zero-order valence-corrected chi connectivity index (χ0v) is 8.28. The van der Waals surface area contributed by atoms with Crippen molar-refractivity contribution in [3.05, 3.63) is 0 Å². The molecule has 82 valence electrons.